The van der Waals surface area contributed by atoms with Gasteiger partial charge in [-0.2, -0.15) is 0 Å². The number of ether oxygens (including phenoxy) is 1. The second-order valence-electron chi connectivity index (χ2n) is 8.13. The molecule has 0 spiro atoms. The number of fused-ring (bicyclic) bond motifs is 1. The van der Waals surface area contributed by atoms with Crippen molar-refractivity contribution in [3.05, 3.63) is 35.4 Å². The molecule has 0 saturated carbocycles. The van der Waals surface area contributed by atoms with Gasteiger partial charge in [0.2, 0.25) is 0 Å². The zero-order valence-corrected chi connectivity index (χ0v) is 20.5. The van der Waals surface area contributed by atoms with Crippen molar-refractivity contribution < 1.29 is 4.74 Å². The lowest BCUT2D eigenvalue weighted by Crippen LogP contribution is -2.53. The van der Waals surface area contributed by atoms with E-state index in [1.165, 1.54) is 11.1 Å². The Morgan fingerprint density at radius 2 is 1.83 bits per heavy atom. The van der Waals surface area contributed by atoms with E-state index in [1.54, 1.807) is 0 Å². The van der Waals surface area contributed by atoms with E-state index in [0.29, 0.717) is 12.0 Å². The van der Waals surface area contributed by atoms with Crippen LogP contribution in [0.4, 0.5) is 0 Å². The monoisotopic (exact) mass is 515 g/mol. The number of hydrogen-bond donors (Lipinski definition) is 2. The van der Waals surface area contributed by atoms with Gasteiger partial charge in [0.15, 0.2) is 5.96 Å². The van der Waals surface area contributed by atoms with Crippen LogP contribution in [0.5, 0.6) is 0 Å². The van der Waals surface area contributed by atoms with Crippen LogP contribution < -0.4 is 10.6 Å². The van der Waals surface area contributed by atoms with Gasteiger partial charge in [0.05, 0.1) is 13.2 Å². The number of halogens is 1. The first kappa shape index (κ1) is 24.4. The molecule has 0 aromatic heterocycles. The van der Waals surface area contributed by atoms with Crippen LogP contribution in [0.2, 0.25) is 0 Å². The van der Waals surface area contributed by atoms with Gasteiger partial charge in [0, 0.05) is 58.9 Å². The number of hydrogen-bond acceptors (Lipinski definition) is 4. The van der Waals surface area contributed by atoms with Crippen LogP contribution >= 0.6 is 24.0 Å². The lowest BCUT2D eigenvalue weighted by molar-refractivity contribution is 0.00752. The Hall–Kier alpha value is -0.900. The quantitative estimate of drug-likeness (QED) is 0.332. The maximum Gasteiger partial charge on any atom is 0.191 e. The molecule has 2 N–H and O–H groups in total. The number of nitrogens with one attached hydrogen (secondary N) is 2. The highest BCUT2D eigenvalue weighted by Gasteiger charge is 2.24. The number of nitrogens with zero attached hydrogens (tertiary/aromatic N) is 3. The summed E-state index contributed by atoms with van der Waals surface area (Å²) in [5.74, 6) is 1.49. The summed E-state index contributed by atoms with van der Waals surface area (Å²) in [5.41, 5.74) is 2.98. The van der Waals surface area contributed by atoms with E-state index in [-0.39, 0.29) is 24.0 Å². The molecule has 0 amide bonds. The molecule has 2 heterocycles. The fraction of sp³-hybridized carbons (Fsp3) is 0.682. The Labute approximate surface area is 193 Å². The van der Waals surface area contributed by atoms with Crippen LogP contribution in [0, 0.1) is 5.92 Å². The minimum absolute atomic E-state index is 0. The third kappa shape index (κ3) is 7.38. The first-order chi connectivity index (χ1) is 13.7. The summed E-state index contributed by atoms with van der Waals surface area (Å²) in [4.78, 5) is 9.48. The third-order valence-corrected chi connectivity index (χ3v) is 5.92. The molecule has 0 aliphatic carbocycles. The number of morpholine rings is 1. The van der Waals surface area contributed by atoms with Gasteiger partial charge >= 0.3 is 0 Å². The van der Waals surface area contributed by atoms with Gasteiger partial charge in [-0.15, -0.1) is 24.0 Å². The van der Waals surface area contributed by atoms with Crippen molar-refractivity contribution in [1.82, 2.24) is 20.4 Å². The van der Waals surface area contributed by atoms with Crippen LogP contribution in [0.1, 0.15) is 25.0 Å². The third-order valence-electron chi connectivity index (χ3n) is 5.92. The fourth-order valence-corrected chi connectivity index (χ4v) is 4.19. The normalized spacial score (nSPS) is 19.4. The first-order valence-corrected chi connectivity index (χ1v) is 10.7. The summed E-state index contributed by atoms with van der Waals surface area (Å²) in [7, 11) is 1.85. The van der Waals surface area contributed by atoms with Gasteiger partial charge in [0.25, 0.3) is 0 Å². The van der Waals surface area contributed by atoms with Gasteiger partial charge in [-0.25, -0.2) is 0 Å². The molecule has 0 radical (unpaired) electrons. The van der Waals surface area contributed by atoms with Gasteiger partial charge in [-0.05, 0) is 23.5 Å². The Bertz CT molecular complexity index is 633. The molecular weight excluding hydrogens is 477 g/mol. The molecule has 7 heteroatoms. The van der Waals surface area contributed by atoms with Crippen molar-refractivity contribution in [3.63, 3.8) is 0 Å². The molecule has 1 aromatic carbocycles. The number of guanidine groups is 1. The van der Waals surface area contributed by atoms with Crippen LogP contribution in [0.3, 0.4) is 0 Å². The summed E-state index contributed by atoms with van der Waals surface area (Å²) in [6.07, 6.45) is 1.15. The van der Waals surface area contributed by atoms with Crippen molar-refractivity contribution >= 4 is 29.9 Å². The smallest absolute Gasteiger partial charge is 0.191 e. The summed E-state index contributed by atoms with van der Waals surface area (Å²) in [6.45, 7) is 13.4. The van der Waals surface area contributed by atoms with E-state index in [4.69, 9.17) is 4.74 Å². The van der Waals surface area contributed by atoms with Crippen LogP contribution in [0.25, 0.3) is 0 Å². The first-order valence-electron chi connectivity index (χ1n) is 10.7. The molecule has 1 atom stereocenters. The second kappa shape index (κ2) is 12.7. The van der Waals surface area contributed by atoms with E-state index in [1.807, 2.05) is 7.05 Å². The van der Waals surface area contributed by atoms with Crippen molar-refractivity contribution in [1.29, 1.82) is 0 Å². The van der Waals surface area contributed by atoms with Crippen LogP contribution in [-0.2, 0) is 17.7 Å². The Kier molecular flexibility index (Phi) is 10.7. The lowest BCUT2D eigenvalue weighted by Gasteiger charge is -2.37. The van der Waals surface area contributed by atoms with Crippen molar-refractivity contribution in [2.45, 2.75) is 32.9 Å². The highest BCUT2D eigenvalue weighted by Crippen LogP contribution is 2.17. The van der Waals surface area contributed by atoms with E-state index >= 15 is 0 Å². The van der Waals surface area contributed by atoms with E-state index in [0.717, 1.165) is 71.4 Å². The predicted octanol–water partition coefficient (Wildman–Crippen LogP) is 2.18. The van der Waals surface area contributed by atoms with Gasteiger partial charge in [-0.3, -0.25) is 14.8 Å². The van der Waals surface area contributed by atoms with Crippen molar-refractivity contribution in [3.8, 4) is 0 Å². The number of benzene rings is 1. The summed E-state index contributed by atoms with van der Waals surface area (Å²) in [6, 6.07) is 9.31. The average Bonchev–Trinajstić information content (AvgIpc) is 2.73. The van der Waals surface area contributed by atoms with Crippen molar-refractivity contribution in [2.75, 3.05) is 59.5 Å². The molecule has 29 heavy (non-hydrogen) atoms. The summed E-state index contributed by atoms with van der Waals surface area (Å²) >= 11 is 0. The molecule has 1 aromatic rings. The summed E-state index contributed by atoms with van der Waals surface area (Å²) in [5, 5.41) is 7.03. The molecule has 2 aliphatic heterocycles. The van der Waals surface area contributed by atoms with Crippen LogP contribution in [-0.4, -0.2) is 81.3 Å². The average molecular weight is 515 g/mol. The molecule has 3 rings (SSSR count). The minimum atomic E-state index is 0. The van der Waals surface area contributed by atoms with Gasteiger partial charge in [-0.1, -0.05) is 38.1 Å². The van der Waals surface area contributed by atoms with Gasteiger partial charge in [0.1, 0.15) is 0 Å². The zero-order valence-electron chi connectivity index (χ0n) is 18.2. The molecule has 164 valence electrons. The molecular formula is C22H38IN5O. The highest BCUT2D eigenvalue weighted by molar-refractivity contribution is 14.0. The fourth-order valence-electron chi connectivity index (χ4n) is 4.19. The minimum Gasteiger partial charge on any atom is -0.379 e. The second-order valence-corrected chi connectivity index (χ2v) is 8.13. The maximum absolute atomic E-state index is 5.51. The number of rotatable bonds is 7. The molecule has 1 saturated heterocycles. The molecule has 6 nitrogen and oxygen atoms in total. The van der Waals surface area contributed by atoms with Crippen molar-refractivity contribution in [2.24, 2.45) is 10.9 Å². The molecule has 1 unspecified atom stereocenters. The predicted molar refractivity (Wildman–Crippen MR) is 131 cm³/mol. The Balaban J connectivity index is 0.00000300. The van der Waals surface area contributed by atoms with E-state index < -0.39 is 0 Å². The Morgan fingerprint density at radius 3 is 2.52 bits per heavy atom. The zero-order chi connectivity index (χ0) is 19.8. The number of aliphatic imine (C=N–C) groups is 1. The SMILES string of the molecule is CN=C(NCCN1CCc2ccccc2C1)NCC(C(C)C)N1CCOCC1.I. The van der Waals surface area contributed by atoms with E-state index in [2.05, 4.69) is 63.5 Å². The largest absolute Gasteiger partial charge is 0.379 e. The van der Waals surface area contributed by atoms with Gasteiger partial charge < -0.3 is 15.4 Å². The summed E-state index contributed by atoms with van der Waals surface area (Å²) < 4.78 is 5.51. The lowest BCUT2D eigenvalue weighted by atomic mass is 10.00. The van der Waals surface area contributed by atoms with Crippen LogP contribution in [0.15, 0.2) is 29.3 Å². The van der Waals surface area contributed by atoms with E-state index in [9.17, 15) is 0 Å². The molecule has 2 aliphatic rings. The highest BCUT2D eigenvalue weighted by atomic mass is 127. The molecule has 0 bridgehead atoms. The molecule has 1 fully saturated rings. The maximum atomic E-state index is 5.51. The standard InChI is InChI=1S/C22H37N5O.HI/c1-18(2)21(27-12-14-28-15-13-27)16-25-22(23-3)24-9-11-26-10-8-19-6-4-5-7-20(19)17-26;/h4-7,18,21H,8-17H2,1-3H3,(H2,23,24,25);1H. The topological polar surface area (TPSA) is 52.1 Å². The Morgan fingerprint density at radius 1 is 1.10 bits per heavy atom.